The van der Waals surface area contributed by atoms with E-state index in [2.05, 4.69) is 20.9 Å². The number of carboxylic acid groups (broad SMARTS) is 1. The Hall–Kier alpha value is -3.93. The van der Waals surface area contributed by atoms with Crippen LogP contribution in [0.2, 0.25) is 0 Å². The van der Waals surface area contributed by atoms with Gasteiger partial charge in [-0.2, -0.15) is 0 Å². The van der Waals surface area contributed by atoms with Crippen molar-refractivity contribution < 1.29 is 29.1 Å². The molecule has 4 unspecified atom stereocenters. The van der Waals surface area contributed by atoms with E-state index in [4.69, 9.17) is 11.5 Å². The van der Waals surface area contributed by atoms with Crippen LogP contribution in [-0.2, 0) is 30.4 Å². The van der Waals surface area contributed by atoms with E-state index in [0.717, 1.165) is 16.5 Å². The summed E-state index contributed by atoms with van der Waals surface area (Å²) in [6.45, 7) is 5.10. The molecule has 2 aromatic rings. The molecule has 1 aromatic heterocycles. The topological polar surface area (TPSA) is 210 Å². The van der Waals surface area contributed by atoms with E-state index in [0.29, 0.717) is 0 Å². The molecular weight excluding hydrogens is 480 g/mol. The molecule has 2 rings (SSSR count). The van der Waals surface area contributed by atoms with Crippen LogP contribution >= 0.6 is 0 Å². The van der Waals surface area contributed by atoms with Crippen molar-refractivity contribution in [2.24, 2.45) is 17.4 Å². The molecule has 0 aliphatic heterocycles. The first-order chi connectivity index (χ1) is 17.4. The normalized spacial score (nSPS) is 14.4. The summed E-state index contributed by atoms with van der Waals surface area (Å²) in [7, 11) is 0. The molecule has 0 aliphatic carbocycles. The summed E-state index contributed by atoms with van der Waals surface area (Å²) in [5.74, 6) is -3.91. The Morgan fingerprint density at radius 1 is 0.919 bits per heavy atom. The summed E-state index contributed by atoms with van der Waals surface area (Å²) in [6, 6.07) is 2.97. The van der Waals surface area contributed by atoms with Gasteiger partial charge in [-0.05, 0) is 37.3 Å². The van der Waals surface area contributed by atoms with Crippen LogP contribution in [0, 0.1) is 5.92 Å². The maximum absolute atomic E-state index is 13.3. The van der Waals surface area contributed by atoms with Crippen molar-refractivity contribution in [1.82, 2.24) is 20.9 Å². The van der Waals surface area contributed by atoms with Crippen molar-refractivity contribution in [3.8, 4) is 0 Å². The Bertz CT molecular complexity index is 1130. The van der Waals surface area contributed by atoms with Gasteiger partial charge in [0.15, 0.2) is 0 Å². The summed E-state index contributed by atoms with van der Waals surface area (Å²) < 4.78 is 0. The zero-order chi connectivity index (χ0) is 27.7. The highest BCUT2D eigenvalue weighted by Crippen LogP contribution is 2.19. The molecule has 202 valence electrons. The van der Waals surface area contributed by atoms with Crippen molar-refractivity contribution >= 4 is 40.5 Å². The highest BCUT2D eigenvalue weighted by atomic mass is 16.4. The number of H-pyrrole nitrogens is 1. The second-order valence-corrected chi connectivity index (χ2v) is 9.51. The minimum absolute atomic E-state index is 0.00490. The van der Waals surface area contributed by atoms with E-state index in [1.807, 2.05) is 38.1 Å². The SMILES string of the molecule is CC(C)CC(NC(=O)C(Cc1c[nH]c2ccccc12)NC(=O)C(CCC(N)=O)NC(=O)C(C)N)C(=O)O. The van der Waals surface area contributed by atoms with Crippen LogP contribution in [-0.4, -0.2) is 63.9 Å². The molecule has 12 nitrogen and oxygen atoms in total. The highest BCUT2D eigenvalue weighted by molar-refractivity contribution is 5.95. The lowest BCUT2D eigenvalue weighted by Crippen LogP contribution is -2.57. The van der Waals surface area contributed by atoms with Gasteiger partial charge in [0.1, 0.15) is 18.1 Å². The predicted octanol–water partition coefficient (Wildman–Crippen LogP) is -0.0918. The summed E-state index contributed by atoms with van der Waals surface area (Å²) >= 11 is 0. The molecule has 1 heterocycles. The van der Waals surface area contributed by atoms with E-state index in [9.17, 15) is 29.1 Å². The van der Waals surface area contributed by atoms with Gasteiger partial charge in [0.05, 0.1) is 6.04 Å². The average molecular weight is 517 g/mol. The summed E-state index contributed by atoms with van der Waals surface area (Å²) in [5.41, 5.74) is 12.4. The first kappa shape index (κ1) is 29.3. The quantitative estimate of drug-likeness (QED) is 0.181. The number of carboxylic acids is 1. The lowest BCUT2D eigenvalue weighted by Gasteiger charge is -2.25. The van der Waals surface area contributed by atoms with Crippen LogP contribution < -0.4 is 27.4 Å². The van der Waals surface area contributed by atoms with Gasteiger partial charge in [-0.15, -0.1) is 0 Å². The standard InChI is InChI=1S/C25H36N6O6/c1-13(2)10-20(25(36)37)31-24(35)19(11-15-12-28-17-7-5-4-6-16(15)17)30-23(34)18(8-9-21(27)32)29-22(33)14(3)26/h4-7,12-14,18-20,28H,8-11,26H2,1-3H3,(H2,27,32)(H,29,33)(H,30,34)(H,31,35)(H,36,37). The molecule has 0 saturated carbocycles. The Labute approximate surface area is 214 Å². The van der Waals surface area contributed by atoms with Crippen LogP contribution in [0.15, 0.2) is 30.5 Å². The number of hydrogen-bond donors (Lipinski definition) is 7. The first-order valence-electron chi connectivity index (χ1n) is 12.1. The van der Waals surface area contributed by atoms with Gasteiger partial charge in [0.2, 0.25) is 23.6 Å². The minimum Gasteiger partial charge on any atom is -0.480 e. The number of aromatic amines is 1. The smallest absolute Gasteiger partial charge is 0.326 e. The van der Waals surface area contributed by atoms with E-state index in [-0.39, 0.29) is 31.6 Å². The molecule has 0 saturated heterocycles. The average Bonchev–Trinajstić information content (AvgIpc) is 3.22. The fourth-order valence-electron chi connectivity index (χ4n) is 3.83. The Balaban J connectivity index is 2.33. The van der Waals surface area contributed by atoms with Crippen molar-refractivity contribution in [3.05, 3.63) is 36.0 Å². The van der Waals surface area contributed by atoms with Gasteiger partial charge in [-0.1, -0.05) is 32.0 Å². The number of benzene rings is 1. The number of aromatic nitrogens is 1. The number of hydrogen-bond acceptors (Lipinski definition) is 6. The van der Waals surface area contributed by atoms with Gasteiger partial charge in [-0.25, -0.2) is 4.79 Å². The number of amides is 4. The number of fused-ring (bicyclic) bond motifs is 1. The number of nitrogens with one attached hydrogen (secondary N) is 4. The van der Waals surface area contributed by atoms with Crippen molar-refractivity contribution in [3.63, 3.8) is 0 Å². The Morgan fingerprint density at radius 3 is 2.11 bits per heavy atom. The van der Waals surface area contributed by atoms with Gasteiger partial charge >= 0.3 is 5.97 Å². The number of nitrogens with two attached hydrogens (primary N) is 2. The Morgan fingerprint density at radius 2 is 1.51 bits per heavy atom. The van der Waals surface area contributed by atoms with Crippen LogP contribution in [0.1, 0.15) is 45.6 Å². The van der Waals surface area contributed by atoms with E-state index < -0.39 is 53.8 Å². The third-order valence-electron chi connectivity index (χ3n) is 5.78. The number of primary amides is 1. The highest BCUT2D eigenvalue weighted by Gasteiger charge is 2.31. The minimum atomic E-state index is -1.19. The van der Waals surface area contributed by atoms with Crippen LogP contribution in [0.5, 0.6) is 0 Å². The number of rotatable bonds is 14. The molecule has 0 spiro atoms. The number of para-hydroxylation sites is 1. The molecule has 0 fully saturated rings. The third-order valence-corrected chi connectivity index (χ3v) is 5.78. The summed E-state index contributed by atoms with van der Waals surface area (Å²) in [6.07, 6.45) is 1.65. The lowest BCUT2D eigenvalue weighted by atomic mass is 10.0. The van der Waals surface area contributed by atoms with E-state index in [1.165, 1.54) is 6.92 Å². The molecule has 1 aromatic carbocycles. The van der Waals surface area contributed by atoms with Crippen LogP contribution in [0.25, 0.3) is 10.9 Å². The fraction of sp³-hybridized carbons (Fsp3) is 0.480. The molecule has 37 heavy (non-hydrogen) atoms. The lowest BCUT2D eigenvalue weighted by molar-refractivity contribution is -0.142. The monoisotopic (exact) mass is 516 g/mol. The molecule has 9 N–H and O–H groups in total. The fourth-order valence-corrected chi connectivity index (χ4v) is 3.83. The maximum atomic E-state index is 13.3. The molecule has 12 heteroatoms. The van der Waals surface area contributed by atoms with Gasteiger partial charge in [0, 0.05) is 29.9 Å². The zero-order valence-electron chi connectivity index (χ0n) is 21.2. The van der Waals surface area contributed by atoms with E-state index in [1.54, 1.807) is 6.20 Å². The van der Waals surface area contributed by atoms with Crippen LogP contribution in [0.4, 0.5) is 0 Å². The van der Waals surface area contributed by atoms with Crippen molar-refractivity contribution in [2.75, 3.05) is 0 Å². The number of carbonyl (C=O) groups is 5. The number of aliphatic carboxylic acids is 1. The second-order valence-electron chi connectivity index (χ2n) is 9.51. The maximum Gasteiger partial charge on any atom is 0.326 e. The molecule has 0 bridgehead atoms. The third kappa shape index (κ3) is 8.90. The molecule has 0 aliphatic rings. The number of carbonyl (C=O) groups excluding carboxylic acids is 4. The van der Waals surface area contributed by atoms with Gasteiger partial charge < -0.3 is 37.5 Å². The summed E-state index contributed by atoms with van der Waals surface area (Å²) in [5, 5.41) is 18.0. The largest absolute Gasteiger partial charge is 0.480 e. The molecule has 0 radical (unpaired) electrons. The van der Waals surface area contributed by atoms with E-state index >= 15 is 0 Å². The van der Waals surface area contributed by atoms with Gasteiger partial charge in [0.25, 0.3) is 0 Å². The predicted molar refractivity (Wildman–Crippen MR) is 137 cm³/mol. The molecule has 4 atom stereocenters. The first-order valence-corrected chi connectivity index (χ1v) is 12.1. The molecule has 4 amide bonds. The van der Waals surface area contributed by atoms with Crippen LogP contribution in [0.3, 0.4) is 0 Å². The Kier molecular flexibility index (Phi) is 10.6. The summed E-state index contributed by atoms with van der Waals surface area (Å²) in [4.78, 5) is 64.8. The van der Waals surface area contributed by atoms with Crippen molar-refractivity contribution in [1.29, 1.82) is 0 Å². The van der Waals surface area contributed by atoms with Crippen molar-refractivity contribution in [2.45, 2.75) is 70.6 Å². The van der Waals surface area contributed by atoms with Gasteiger partial charge in [-0.3, -0.25) is 19.2 Å². The second kappa shape index (κ2) is 13.4. The molecular formula is C25H36N6O6. The zero-order valence-corrected chi connectivity index (χ0v) is 21.2.